The van der Waals surface area contributed by atoms with E-state index in [4.69, 9.17) is 5.10 Å². The maximum absolute atomic E-state index is 13.6. The molecule has 1 aliphatic carbocycles. The Bertz CT molecular complexity index is 1560. The molecule has 0 radical (unpaired) electrons. The Morgan fingerprint density at radius 3 is 2.59 bits per heavy atom. The average molecular weight is 550 g/mol. The van der Waals surface area contributed by atoms with Gasteiger partial charge >= 0.3 is 0 Å². The molecule has 0 bridgehead atoms. The lowest BCUT2D eigenvalue weighted by molar-refractivity contribution is -0.135. The minimum atomic E-state index is -3.73. The Kier molecular flexibility index (Phi) is 4.85. The van der Waals surface area contributed by atoms with Crippen LogP contribution in [-0.2, 0) is 21.4 Å². The van der Waals surface area contributed by atoms with Crippen molar-refractivity contribution < 1.29 is 22.0 Å². The van der Waals surface area contributed by atoms with Crippen molar-refractivity contribution in [3.05, 3.63) is 17.1 Å². The summed E-state index contributed by atoms with van der Waals surface area (Å²) in [5, 5.41) is 12.7. The Hall–Kier alpha value is -2.71. The molecule has 0 N–H and O–H groups in total. The predicted octanol–water partition coefficient (Wildman–Crippen LogP) is 2.72. The Labute approximate surface area is 215 Å². The molecule has 7 rings (SSSR count). The number of fused-ring (bicyclic) bond motifs is 2. The number of nitrogens with zero attached hydrogens (tertiary/aromatic N) is 7. The van der Waals surface area contributed by atoms with E-state index in [1.165, 1.54) is 0 Å². The van der Waals surface area contributed by atoms with Crippen molar-refractivity contribution in [3.63, 3.8) is 0 Å². The fourth-order valence-electron chi connectivity index (χ4n) is 5.69. The number of sulfonamides is 1. The summed E-state index contributed by atoms with van der Waals surface area (Å²) in [5.41, 5.74) is 1.61. The predicted molar refractivity (Wildman–Crippen MR) is 132 cm³/mol. The third-order valence-electron chi connectivity index (χ3n) is 7.89. The number of aromatic nitrogens is 4. The van der Waals surface area contributed by atoms with E-state index < -0.39 is 21.5 Å². The quantitative estimate of drug-likeness (QED) is 0.451. The van der Waals surface area contributed by atoms with Crippen LogP contribution in [0.2, 0.25) is 0 Å². The SMILES string of the molecule is CC(C)C(=O)N1CCN2c3cc(S(=O)(=O)N4CC45CC5)cc4c(-c5nnc(C(F)F)s5)nn(c34)CC2C1. The highest BCUT2D eigenvalue weighted by Gasteiger charge is 2.66. The summed E-state index contributed by atoms with van der Waals surface area (Å²) in [4.78, 5) is 16.9. The maximum atomic E-state index is 13.6. The first kappa shape index (κ1) is 23.4. The van der Waals surface area contributed by atoms with E-state index in [2.05, 4.69) is 15.1 Å². The van der Waals surface area contributed by atoms with Crippen LogP contribution in [0.1, 0.15) is 38.1 Å². The van der Waals surface area contributed by atoms with E-state index in [0.29, 0.717) is 43.8 Å². The molecule has 10 nitrogen and oxygen atoms in total. The van der Waals surface area contributed by atoms with Gasteiger partial charge in [0.25, 0.3) is 6.43 Å². The van der Waals surface area contributed by atoms with Gasteiger partial charge in [-0.2, -0.15) is 9.40 Å². The van der Waals surface area contributed by atoms with E-state index >= 15 is 0 Å². The molecule has 1 amide bonds. The molecule has 1 spiro atoms. The monoisotopic (exact) mass is 549 g/mol. The minimum Gasteiger partial charge on any atom is -0.361 e. The van der Waals surface area contributed by atoms with Crippen LogP contribution >= 0.6 is 11.3 Å². The van der Waals surface area contributed by atoms with Crippen LogP contribution in [0.3, 0.4) is 0 Å². The Morgan fingerprint density at radius 1 is 1.16 bits per heavy atom. The molecule has 2 aromatic heterocycles. The van der Waals surface area contributed by atoms with Gasteiger partial charge in [-0.3, -0.25) is 9.48 Å². The Balaban J connectivity index is 1.37. The molecule has 14 heteroatoms. The zero-order valence-corrected chi connectivity index (χ0v) is 21.9. The molecule has 1 aromatic carbocycles. The van der Waals surface area contributed by atoms with E-state index in [-0.39, 0.29) is 33.3 Å². The van der Waals surface area contributed by atoms with Crippen LogP contribution in [0.25, 0.3) is 21.6 Å². The third-order valence-corrected chi connectivity index (χ3v) is 10.8. The van der Waals surface area contributed by atoms with Gasteiger partial charge in [0.05, 0.1) is 34.2 Å². The second-order valence-corrected chi connectivity index (χ2v) is 13.5. The number of amides is 1. The number of hydrogen-bond acceptors (Lipinski definition) is 8. The third kappa shape index (κ3) is 3.44. The van der Waals surface area contributed by atoms with E-state index in [0.717, 1.165) is 35.4 Å². The van der Waals surface area contributed by atoms with Gasteiger partial charge in [-0.05, 0) is 25.0 Å². The van der Waals surface area contributed by atoms with Crippen molar-refractivity contribution >= 4 is 43.9 Å². The minimum absolute atomic E-state index is 0.0812. The zero-order valence-electron chi connectivity index (χ0n) is 20.3. The van der Waals surface area contributed by atoms with Gasteiger partial charge in [-0.25, -0.2) is 17.2 Å². The van der Waals surface area contributed by atoms with Gasteiger partial charge in [0.1, 0.15) is 5.69 Å². The lowest BCUT2D eigenvalue weighted by atomic mass is 10.0. The molecule has 37 heavy (non-hydrogen) atoms. The smallest absolute Gasteiger partial charge is 0.291 e. The Morgan fingerprint density at radius 2 is 1.95 bits per heavy atom. The summed E-state index contributed by atoms with van der Waals surface area (Å²) < 4.78 is 57.1. The molecule has 3 fully saturated rings. The molecule has 4 aliphatic rings. The normalized spacial score (nSPS) is 23.8. The number of carbonyl (C=O) groups is 1. The van der Waals surface area contributed by atoms with E-state index in [9.17, 15) is 22.0 Å². The lowest BCUT2D eigenvalue weighted by Crippen LogP contribution is -2.58. The summed E-state index contributed by atoms with van der Waals surface area (Å²) >= 11 is 0.759. The fourth-order valence-corrected chi connectivity index (χ4v) is 8.27. The van der Waals surface area contributed by atoms with Crippen molar-refractivity contribution in [1.82, 2.24) is 29.2 Å². The first-order chi connectivity index (χ1) is 17.6. The van der Waals surface area contributed by atoms with E-state index in [1.54, 1.807) is 21.1 Å². The van der Waals surface area contributed by atoms with Crippen molar-refractivity contribution in [1.29, 1.82) is 0 Å². The molecular formula is C23H25F2N7O3S2. The average Bonchev–Trinajstić information content (AvgIpc) is 3.70. The van der Waals surface area contributed by atoms with Gasteiger partial charge in [0.2, 0.25) is 15.9 Å². The second kappa shape index (κ2) is 7.67. The van der Waals surface area contributed by atoms with Crippen LogP contribution in [-0.4, -0.2) is 81.3 Å². The van der Waals surface area contributed by atoms with E-state index in [1.807, 2.05) is 18.7 Å². The molecule has 2 atom stereocenters. The molecule has 2 unspecified atom stereocenters. The topological polar surface area (TPSA) is 104 Å². The largest absolute Gasteiger partial charge is 0.361 e. The number of benzene rings is 1. The number of alkyl halides is 2. The van der Waals surface area contributed by atoms with Crippen LogP contribution in [0, 0.1) is 5.92 Å². The second-order valence-electron chi connectivity index (χ2n) is 10.6. The summed E-state index contributed by atoms with van der Waals surface area (Å²) in [6.07, 6.45) is -1.00. The van der Waals surface area contributed by atoms with Crippen molar-refractivity contribution in [2.75, 3.05) is 31.1 Å². The highest BCUT2D eigenvalue weighted by molar-refractivity contribution is 7.89. The summed E-state index contributed by atoms with van der Waals surface area (Å²) in [7, 11) is -3.73. The first-order valence-corrected chi connectivity index (χ1v) is 14.6. The summed E-state index contributed by atoms with van der Waals surface area (Å²) in [6, 6.07) is 3.22. The number of piperazine rings is 1. The van der Waals surface area contributed by atoms with Gasteiger partial charge < -0.3 is 9.80 Å². The highest BCUT2D eigenvalue weighted by Crippen LogP contribution is 2.57. The molecular weight excluding hydrogens is 524 g/mol. The number of rotatable bonds is 5. The number of anilines is 1. The number of carbonyl (C=O) groups excluding carboxylic acids is 1. The van der Waals surface area contributed by atoms with Crippen LogP contribution in [0.5, 0.6) is 0 Å². The molecule has 3 aromatic rings. The fraction of sp³-hybridized carbons (Fsp3) is 0.565. The maximum Gasteiger partial charge on any atom is 0.291 e. The van der Waals surface area contributed by atoms with Crippen LogP contribution in [0.4, 0.5) is 14.5 Å². The highest BCUT2D eigenvalue weighted by atomic mass is 32.2. The number of halogens is 2. The molecule has 1 saturated carbocycles. The molecule has 3 aliphatic heterocycles. The molecule has 5 heterocycles. The van der Waals surface area contributed by atoms with Crippen LogP contribution in [0.15, 0.2) is 17.0 Å². The lowest BCUT2D eigenvalue weighted by Gasteiger charge is -2.45. The molecule has 2 saturated heterocycles. The number of hydrogen-bond donors (Lipinski definition) is 0. The summed E-state index contributed by atoms with van der Waals surface area (Å²) in [5.74, 6) is -0.0383. The van der Waals surface area contributed by atoms with Crippen LogP contribution < -0.4 is 4.90 Å². The first-order valence-electron chi connectivity index (χ1n) is 12.3. The zero-order chi connectivity index (χ0) is 25.9. The van der Waals surface area contributed by atoms with Gasteiger partial charge in [-0.15, -0.1) is 10.2 Å². The van der Waals surface area contributed by atoms with Gasteiger partial charge in [0, 0.05) is 37.5 Å². The van der Waals surface area contributed by atoms with Crippen molar-refractivity contribution in [3.8, 4) is 10.7 Å². The van der Waals surface area contributed by atoms with Gasteiger partial charge in [0.15, 0.2) is 10.0 Å². The standard InChI is InChI=1S/C23H25F2N7O3S2/c1-12(2)22(33)29-5-6-30-13(9-29)10-31-18-15(17(28-31)20-26-27-21(36-20)19(24)25)7-14(8-16(18)30)37(34,35)32-11-23(32)3-4-23/h7-8,12-13,19H,3-6,9-11H2,1-2H3. The summed E-state index contributed by atoms with van der Waals surface area (Å²) in [6.45, 7) is 6.35. The molecule has 196 valence electrons. The van der Waals surface area contributed by atoms with Crippen molar-refractivity contribution in [2.24, 2.45) is 5.92 Å². The van der Waals surface area contributed by atoms with Gasteiger partial charge in [-0.1, -0.05) is 25.2 Å². The van der Waals surface area contributed by atoms with Crippen molar-refractivity contribution in [2.45, 2.75) is 56.1 Å².